The fourth-order valence-corrected chi connectivity index (χ4v) is 3.02. The lowest BCUT2D eigenvalue weighted by atomic mass is 9.89. The summed E-state index contributed by atoms with van der Waals surface area (Å²) in [7, 11) is 2.75. The lowest BCUT2D eigenvalue weighted by Crippen LogP contribution is -2.41. The molecule has 2 rings (SSSR count). The zero-order chi connectivity index (χ0) is 19.0. The fourth-order valence-electron chi connectivity index (χ4n) is 3.02. The van der Waals surface area contributed by atoms with Crippen molar-refractivity contribution in [3.8, 4) is 5.88 Å². The van der Waals surface area contributed by atoms with Crippen LogP contribution in [0.1, 0.15) is 50.8 Å². The minimum atomic E-state index is -4.55. The van der Waals surface area contributed by atoms with Crippen molar-refractivity contribution in [1.29, 1.82) is 0 Å². The van der Waals surface area contributed by atoms with Crippen molar-refractivity contribution >= 4 is 6.09 Å². The molecule has 9 heteroatoms. The number of nitrogens with zero attached hydrogens (tertiary/aromatic N) is 3. The van der Waals surface area contributed by atoms with Crippen LogP contribution in [0.25, 0.3) is 0 Å². The van der Waals surface area contributed by atoms with E-state index in [1.165, 1.54) is 19.1 Å². The van der Waals surface area contributed by atoms with E-state index in [0.29, 0.717) is 25.9 Å². The summed E-state index contributed by atoms with van der Waals surface area (Å²) < 4.78 is 51.5. The average Bonchev–Trinajstić information content (AvgIpc) is 2.82. The van der Waals surface area contributed by atoms with Crippen molar-refractivity contribution in [2.45, 2.75) is 51.3 Å². The molecule has 1 aromatic rings. The lowest BCUT2D eigenvalue weighted by molar-refractivity contribution is -0.142. The molecule has 0 aliphatic carbocycles. The van der Waals surface area contributed by atoms with Gasteiger partial charge in [-0.1, -0.05) is 0 Å². The molecule has 6 nitrogen and oxygen atoms in total. The zero-order valence-electron chi connectivity index (χ0n) is 15.1. The van der Waals surface area contributed by atoms with Gasteiger partial charge in [0.05, 0.1) is 7.11 Å². The summed E-state index contributed by atoms with van der Waals surface area (Å²) in [6.45, 7) is 5.97. The van der Waals surface area contributed by atoms with Crippen LogP contribution in [0.2, 0.25) is 0 Å². The van der Waals surface area contributed by atoms with Crippen molar-refractivity contribution in [2.24, 2.45) is 7.05 Å². The first-order valence-electron chi connectivity index (χ1n) is 8.10. The van der Waals surface area contributed by atoms with Gasteiger partial charge in [0, 0.05) is 25.7 Å². The van der Waals surface area contributed by atoms with Crippen LogP contribution in [0.4, 0.5) is 18.0 Å². The molecule has 1 fully saturated rings. The maximum absolute atomic E-state index is 13.3. The van der Waals surface area contributed by atoms with Crippen LogP contribution in [0.5, 0.6) is 5.88 Å². The second kappa shape index (κ2) is 6.76. The Morgan fingerprint density at radius 3 is 2.20 bits per heavy atom. The van der Waals surface area contributed by atoms with Crippen LogP contribution in [0, 0.1) is 0 Å². The summed E-state index contributed by atoms with van der Waals surface area (Å²) in [6.07, 6.45) is -4.21. The molecular formula is C16H24F3N3O3. The number of methoxy groups -OCH3 is 1. The van der Waals surface area contributed by atoms with E-state index in [-0.39, 0.29) is 17.4 Å². The summed E-state index contributed by atoms with van der Waals surface area (Å²) in [4.78, 5) is 13.6. The number of rotatable bonds is 2. The smallest absolute Gasteiger partial charge is 0.435 e. The summed E-state index contributed by atoms with van der Waals surface area (Å²) in [6, 6.07) is 0. The van der Waals surface area contributed by atoms with Crippen molar-refractivity contribution in [3.63, 3.8) is 0 Å². The topological polar surface area (TPSA) is 56.6 Å². The number of hydrogen-bond donors (Lipinski definition) is 0. The number of piperidine rings is 1. The molecular weight excluding hydrogens is 339 g/mol. The van der Waals surface area contributed by atoms with E-state index in [4.69, 9.17) is 9.47 Å². The summed E-state index contributed by atoms with van der Waals surface area (Å²) in [5, 5.41) is 3.59. The van der Waals surface area contributed by atoms with E-state index in [9.17, 15) is 18.0 Å². The highest BCUT2D eigenvalue weighted by Crippen LogP contribution is 2.42. The van der Waals surface area contributed by atoms with E-state index in [1.54, 1.807) is 20.8 Å². The largest absolute Gasteiger partial charge is 0.481 e. The zero-order valence-corrected chi connectivity index (χ0v) is 15.1. The molecule has 1 aliphatic rings. The number of amides is 1. The molecule has 0 N–H and O–H groups in total. The van der Waals surface area contributed by atoms with Crippen molar-refractivity contribution in [2.75, 3.05) is 20.2 Å². The van der Waals surface area contributed by atoms with Gasteiger partial charge in [0.15, 0.2) is 5.69 Å². The first kappa shape index (κ1) is 19.4. The second-order valence-electron chi connectivity index (χ2n) is 7.13. The third kappa shape index (κ3) is 4.38. The van der Waals surface area contributed by atoms with Gasteiger partial charge in [-0.25, -0.2) is 9.48 Å². The average molecular weight is 363 g/mol. The molecule has 2 heterocycles. The van der Waals surface area contributed by atoms with Gasteiger partial charge in [-0.3, -0.25) is 0 Å². The molecule has 0 saturated carbocycles. The molecule has 0 bridgehead atoms. The third-order valence-corrected chi connectivity index (χ3v) is 4.05. The number of ether oxygens (including phenoxy) is 2. The molecule has 142 valence electrons. The number of carbonyl (C=O) groups is 1. The number of aryl methyl sites for hydroxylation is 1. The maximum atomic E-state index is 13.3. The normalized spacial score (nSPS) is 16.9. The van der Waals surface area contributed by atoms with Gasteiger partial charge >= 0.3 is 12.3 Å². The van der Waals surface area contributed by atoms with Crippen LogP contribution in [0.3, 0.4) is 0 Å². The Morgan fingerprint density at radius 1 is 1.20 bits per heavy atom. The van der Waals surface area contributed by atoms with E-state index < -0.39 is 23.6 Å². The maximum Gasteiger partial charge on any atom is 0.435 e. The molecule has 1 amide bonds. The second-order valence-corrected chi connectivity index (χ2v) is 7.13. The Labute approximate surface area is 144 Å². The van der Waals surface area contributed by atoms with E-state index in [1.807, 2.05) is 0 Å². The van der Waals surface area contributed by atoms with Gasteiger partial charge in [-0.2, -0.15) is 18.3 Å². The van der Waals surface area contributed by atoms with Crippen LogP contribution < -0.4 is 4.74 Å². The molecule has 25 heavy (non-hydrogen) atoms. The van der Waals surface area contributed by atoms with E-state index in [0.717, 1.165) is 4.68 Å². The number of carbonyl (C=O) groups excluding carboxylic acids is 1. The highest BCUT2D eigenvalue weighted by molar-refractivity contribution is 5.68. The molecule has 1 aliphatic heterocycles. The van der Waals surface area contributed by atoms with Gasteiger partial charge in [0.2, 0.25) is 5.88 Å². The quantitative estimate of drug-likeness (QED) is 0.806. The molecule has 0 atom stereocenters. The summed E-state index contributed by atoms with van der Waals surface area (Å²) in [5.74, 6) is -0.262. The first-order valence-corrected chi connectivity index (χ1v) is 8.10. The predicted molar refractivity (Wildman–Crippen MR) is 84.5 cm³/mol. The monoisotopic (exact) mass is 363 g/mol. The Morgan fingerprint density at radius 2 is 1.76 bits per heavy atom. The number of hydrogen-bond acceptors (Lipinski definition) is 4. The molecule has 0 unspecified atom stereocenters. The van der Waals surface area contributed by atoms with Gasteiger partial charge in [-0.05, 0) is 39.5 Å². The summed E-state index contributed by atoms with van der Waals surface area (Å²) in [5.41, 5.74) is -1.45. The highest BCUT2D eigenvalue weighted by Gasteiger charge is 2.42. The lowest BCUT2D eigenvalue weighted by Gasteiger charge is -2.33. The molecule has 0 radical (unpaired) electrons. The van der Waals surface area contributed by atoms with E-state index in [2.05, 4.69) is 5.10 Å². The highest BCUT2D eigenvalue weighted by atomic mass is 19.4. The fraction of sp³-hybridized carbons (Fsp3) is 0.750. The van der Waals surface area contributed by atoms with Crippen molar-refractivity contribution in [3.05, 3.63) is 11.3 Å². The van der Waals surface area contributed by atoms with Crippen LogP contribution >= 0.6 is 0 Å². The van der Waals surface area contributed by atoms with Crippen molar-refractivity contribution in [1.82, 2.24) is 14.7 Å². The molecule has 1 aromatic heterocycles. The molecule has 0 aromatic carbocycles. The molecule has 0 spiro atoms. The van der Waals surface area contributed by atoms with Gasteiger partial charge in [-0.15, -0.1) is 0 Å². The number of halogens is 3. The van der Waals surface area contributed by atoms with Crippen LogP contribution in [-0.4, -0.2) is 46.6 Å². The van der Waals surface area contributed by atoms with Gasteiger partial charge in [0.25, 0.3) is 0 Å². The summed E-state index contributed by atoms with van der Waals surface area (Å²) >= 11 is 0. The minimum absolute atomic E-state index is 0.0707. The Kier molecular flexibility index (Phi) is 5.24. The third-order valence-electron chi connectivity index (χ3n) is 4.05. The van der Waals surface area contributed by atoms with Crippen molar-refractivity contribution < 1.29 is 27.4 Å². The predicted octanol–water partition coefficient (Wildman–Crippen LogP) is 3.56. The Bertz CT molecular complexity index is 627. The van der Waals surface area contributed by atoms with Crippen LogP contribution in [-0.2, 0) is 18.0 Å². The SMILES string of the molecule is COc1c(C2CCN(C(=O)OC(C)(C)C)CC2)c(C(F)(F)F)nn1C. The van der Waals surface area contributed by atoms with Gasteiger partial charge < -0.3 is 14.4 Å². The standard InChI is InChI=1S/C16H24F3N3O3/c1-15(2,3)25-14(23)22-8-6-10(7-9-22)11-12(16(17,18)19)20-21(4)13(11)24-5/h10H,6-9H2,1-5H3. The Hall–Kier alpha value is -1.93. The Balaban J connectivity index is 2.17. The number of alkyl halides is 3. The first-order chi connectivity index (χ1) is 11.4. The number of aromatic nitrogens is 2. The molecule has 1 saturated heterocycles. The number of likely N-dealkylation sites (tertiary alicyclic amines) is 1. The van der Waals surface area contributed by atoms with Crippen LogP contribution in [0.15, 0.2) is 0 Å². The van der Waals surface area contributed by atoms with E-state index >= 15 is 0 Å². The van der Waals surface area contributed by atoms with Gasteiger partial charge in [0.1, 0.15) is 5.60 Å². The minimum Gasteiger partial charge on any atom is -0.481 e.